The van der Waals surface area contributed by atoms with Crippen molar-refractivity contribution < 1.29 is 4.42 Å². The van der Waals surface area contributed by atoms with E-state index in [1.165, 1.54) is 33.2 Å². The van der Waals surface area contributed by atoms with E-state index in [1.54, 1.807) is 0 Å². The predicted octanol–water partition coefficient (Wildman–Crippen LogP) is 6.53. The molecule has 0 atom stereocenters. The molecule has 0 N–H and O–H groups in total. The number of nitrogens with zero attached hydrogens (tertiary/aromatic N) is 1. The molecular weight excluding hydrogens is 306 g/mol. The highest BCUT2D eigenvalue weighted by Gasteiger charge is 2.16. The van der Waals surface area contributed by atoms with Gasteiger partial charge in [0.1, 0.15) is 5.58 Å². The summed E-state index contributed by atoms with van der Waals surface area (Å²) >= 11 is 0. The second kappa shape index (κ2) is 5.96. The zero-order chi connectivity index (χ0) is 17.6. The number of para-hydroxylation sites is 2. The molecule has 0 radical (unpaired) electrons. The largest absolute Gasteiger partial charge is 0.454 e. The van der Waals surface area contributed by atoms with Crippen molar-refractivity contribution in [2.45, 2.75) is 27.2 Å². The van der Waals surface area contributed by atoms with E-state index in [1.807, 2.05) is 0 Å². The Labute approximate surface area is 148 Å². The van der Waals surface area contributed by atoms with Gasteiger partial charge < -0.3 is 9.32 Å². The Hall–Kier alpha value is -2.74. The molecule has 1 heterocycles. The zero-order valence-electron chi connectivity index (χ0n) is 15.3. The molecule has 0 aliphatic rings. The zero-order valence-corrected chi connectivity index (χ0v) is 15.3. The van der Waals surface area contributed by atoms with Crippen LogP contribution >= 0.6 is 0 Å². The molecule has 4 rings (SSSR count). The fourth-order valence-corrected chi connectivity index (χ4v) is 3.72. The van der Waals surface area contributed by atoms with Crippen molar-refractivity contribution in [1.29, 1.82) is 0 Å². The first-order chi connectivity index (χ1) is 12.1. The van der Waals surface area contributed by atoms with Crippen molar-refractivity contribution in [3.63, 3.8) is 0 Å². The van der Waals surface area contributed by atoms with E-state index in [-0.39, 0.29) is 0 Å². The van der Waals surface area contributed by atoms with Crippen LogP contribution in [0.25, 0.3) is 21.9 Å². The van der Waals surface area contributed by atoms with E-state index < -0.39 is 0 Å². The van der Waals surface area contributed by atoms with Gasteiger partial charge in [0.25, 0.3) is 0 Å². The molecule has 0 saturated heterocycles. The van der Waals surface area contributed by atoms with Crippen molar-refractivity contribution in [3.05, 3.63) is 71.3 Å². The van der Waals surface area contributed by atoms with Crippen LogP contribution in [0.2, 0.25) is 0 Å². The quantitative estimate of drug-likeness (QED) is 0.424. The number of anilines is 2. The van der Waals surface area contributed by atoms with Gasteiger partial charge in [0.15, 0.2) is 5.58 Å². The number of hydrogen-bond acceptors (Lipinski definition) is 2. The van der Waals surface area contributed by atoms with Gasteiger partial charge in [0, 0.05) is 23.5 Å². The molecule has 0 spiro atoms. The number of rotatable bonds is 3. The molecule has 25 heavy (non-hydrogen) atoms. The summed E-state index contributed by atoms with van der Waals surface area (Å²) in [5.74, 6) is 0. The van der Waals surface area contributed by atoms with Gasteiger partial charge in [0.05, 0.1) is 5.69 Å². The van der Waals surface area contributed by atoms with Gasteiger partial charge in [-0.2, -0.15) is 0 Å². The van der Waals surface area contributed by atoms with Gasteiger partial charge >= 0.3 is 0 Å². The van der Waals surface area contributed by atoms with Crippen LogP contribution in [0.5, 0.6) is 0 Å². The summed E-state index contributed by atoms with van der Waals surface area (Å²) in [5.41, 5.74) is 8.09. The Balaban J connectivity index is 1.96. The smallest absolute Gasteiger partial charge is 0.159 e. The van der Waals surface area contributed by atoms with Crippen molar-refractivity contribution >= 4 is 33.3 Å². The maximum Gasteiger partial charge on any atom is 0.159 e. The molecule has 0 aliphatic heterocycles. The van der Waals surface area contributed by atoms with Crippen LogP contribution in [0.3, 0.4) is 0 Å². The lowest BCUT2D eigenvalue weighted by Crippen LogP contribution is -2.11. The maximum absolute atomic E-state index is 6.37. The number of fused-ring (bicyclic) bond motifs is 3. The summed E-state index contributed by atoms with van der Waals surface area (Å²) in [6.45, 7) is 6.46. The van der Waals surface area contributed by atoms with Crippen LogP contribution in [-0.4, -0.2) is 7.05 Å². The first-order valence-corrected chi connectivity index (χ1v) is 8.84. The van der Waals surface area contributed by atoms with Gasteiger partial charge in [-0.1, -0.05) is 55.0 Å². The summed E-state index contributed by atoms with van der Waals surface area (Å²) in [6, 6.07) is 19.4. The molecule has 126 valence electrons. The van der Waals surface area contributed by atoms with E-state index in [0.29, 0.717) is 0 Å². The minimum atomic E-state index is 0.959. The van der Waals surface area contributed by atoms with Crippen molar-refractivity contribution in [1.82, 2.24) is 0 Å². The van der Waals surface area contributed by atoms with Gasteiger partial charge in [-0.25, -0.2) is 0 Å². The lowest BCUT2D eigenvalue weighted by molar-refractivity contribution is 0.663. The number of furan rings is 1. The highest BCUT2D eigenvalue weighted by molar-refractivity contribution is 6.10. The molecule has 0 aliphatic carbocycles. The minimum absolute atomic E-state index is 0.959. The van der Waals surface area contributed by atoms with Crippen LogP contribution in [0, 0.1) is 13.8 Å². The van der Waals surface area contributed by atoms with Crippen LogP contribution < -0.4 is 4.90 Å². The maximum atomic E-state index is 6.37. The lowest BCUT2D eigenvalue weighted by atomic mass is 10.1. The molecule has 4 aromatic rings. The summed E-state index contributed by atoms with van der Waals surface area (Å²) < 4.78 is 6.37. The molecule has 0 fully saturated rings. The predicted molar refractivity (Wildman–Crippen MR) is 107 cm³/mol. The summed E-state index contributed by atoms with van der Waals surface area (Å²) in [7, 11) is 2.11. The van der Waals surface area contributed by atoms with Gasteiger partial charge in [0.2, 0.25) is 0 Å². The monoisotopic (exact) mass is 329 g/mol. The van der Waals surface area contributed by atoms with Gasteiger partial charge in [-0.15, -0.1) is 0 Å². The molecule has 0 bridgehead atoms. The molecule has 2 heteroatoms. The fourth-order valence-electron chi connectivity index (χ4n) is 3.72. The molecule has 1 aromatic heterocycles. The van der Waals surface area contributed by atoms with Crippen molar-refractivity contribution in [3.8, 4) is 0 Å². The van der Waals surface area contributed by atoms with E-state index >= 15 is 0 Å². The summed E-state index contributed by atoms with van der Waals surface area (Å²) in [4.78, 5) is 2.23. The third kappa shape index (κ3) is 2.49. The summed E-state index contributed by atoms with van der Waals surface area (Å²) in [6.07, 6.45) is 0.972. The highest BCUT2D eigenvalue weighted by atomic mass is 16.3. The highest BCUT2D eigenvalue weighted by Crippen LogP contribution is 2.39. The van der Waals surface area contributed by atoms with E-state index in [2.05, 4.69) is 87.3 Å². The first-order valence-electron chi connectivity index (χ1n) is 8.84. The SMILES string of the molecule is CCc1cccc2c1oc1c(N(C)c3ccc(C)cc3C)cccc12. The Morgan fingerprint density at radius 2 is 1.56 bits per heavy atom. The molecular formula is C23H23NO. The van der Waals surface area contributed by atoms with Gasteiger partial charge in [-0.3, -0.25) is 0 Å². The van der Waals surface area contributed by atoms with Crippen LogP contribution in [0.15, 0.2) is 59.0 Å². The minimum Gasteiger partial charge on any atom is -0.454 e. The third-order valence-electron chi connectivity index (χ3n) is 5.04. The molecule has 3 aromatic carbocycles. The fraction of sp³-hybridized carbons (Fsp3) is 0.217. The van der Waals surface area contributed by atoms with Crippen molar-refractivity contribution in [2.75, 3.05) is 11.9 Å². The first kappa shape index (κ1) is 15.8. The number of aryl methyl sites for hydroxylation is 3. The third-order valence-corrected chi connectivity index (χ3v) is 5.04. The average Bonchev–Trinajstić information content (AvgIpc) is 3.00. The van der Waals surface area contributed by atoms with Gasteiger partial charge in [-0.05, 0) is 43.5 Å². The topological polar surface area (TPSA) is 16.4 Å². The van der Waals surface area contributed by atoms with E-state index in [4.69, 9.17) is 4.42 Å². The molecule has 0 unspecified atom stereocenters. The van der Waals surface area contributed by atoms with E-state index in [0.717, 1.165) is 23.3 Å². The molecule has 2 nitrogen and oxygen atoms in total. The van der Waals surface area contributed by atoms with Crippen molar-refractivity contribution in [2.24, 2.45) is 0 Å². The second-order valence-corrected chi connectivity index (χ2v) is 6.75. The van der Waals surface area contributed by atoms with Crippen LogP contribution in [-0.2, 0) is 6.42 Å². The normalized spacial score (nSPS) is 11.4. The second-order valence-electron chi connectivity index (χ2n) is 6.75. The Morgan fingerprint density at radius 1 is 0.840 bits per heavy atom. The standard InChI is InChI=1S/C23H23NO/c1-5-17-8-6-9-18-19-10-7-11-21(23(19)25-22(17)18)24(4)20-13-12-15(2)14-16(20)3/h6-14H,5H2,1-4H3. The Bertz CT molecular complexity index is 1070. The van der Waals surface area contributed by atoms with E-state index in [9.17, 15) is 0 Å². The summed E-state index contributed by atoms with van der Waals surface area (Å²) in [5, 5.41) is 2.38. The average molecular weight is 329 g/mol. The number of hydrogen-bond donors (Lipinski definition) is 0. The van der Waals surface area contributed by atoms with Crippen LogP contribution in [0.4, 0.5) is 11.4 Å². The Kier molecular flexibility index (Phi) is 3.76. The molecule has 0 saturated carbocycles. The van der Waals surface area contributed by atoms with Crippen LogP contribution in [0.1, 0.15) is 23.6 Å². The number of benzene rings is 3. The Morgan fingerprint density at radius 3 is 2.28 bits per heavy atom. The molecule has 0 amide bonds. The lowest BCUT2D eigenvalue weighted by Gasteiger charge is -2.22.